The summed E-state index contributed by atoms with van der Waals surface area (Å²) in [6.45, 7) is 10.4. The smallest absolute Gasteiger partial charge is 0.261 e. The summed E-state index contributed by atoms with van der Waals surface area (Å²) >= 11 is 0. The highest BCUT2D eigenvalue weighted by Crippen LogP contribution is 2.36. The van der Waals surface area contributed by atoms with Crippen LogP contribution in [0.25, 0.3) is 0 Å². The Morgan fingerprint density at radius 2 is 1.34 bits per heavy atom. The summed E-state index contributed by atoms with van der Waals surface area (Å²) < 4.78 is 24.3. The highest BCUT2D eigenvalue weighted by molar-refractivity contribution is 6.99. The van der Waals surface area contributed by atoms with Gasteiger partial charge in [-0.15, -0.1) is 0 Å². The van der Waals surface area contributed by atoms with Crippen LogP contribution in [0, 0.1) is 0 Å². The van der Waals surface area contributed by atoms with Gasteiger partial charge in [0.25, 0.3) is 8.32 Å². The van der Waals surface area contributed by atoms with Crippen LogP contribution in [0.3, 0.4) is 0 Å². The fraction of sp³-hybridized carbons (Fsp3) is 0.394. The molecule has 0 amide bonds. The van der Waals surface area contributed by atoms with Crippen LogP contribution in [-0.4, -0.2) is 41.0 Å². The van der Waals surface area contributed by atoms with Crippen molar-refractivity contribution in [1.29, 1.82) is 0 Å². The van der Waals surface area contributed by atoms with Crippen molar-refractivity contribution >= 4 is 18.7 Å². The fourth-order valence-electron chi connectivity index (χ4n) is 4.82. The van der Waals surface area contributed by atoms with Gasteiger partial charge in [0, 0.05) is 13.7 Å². The van der Waals surface area contributed by atoms with Crippen LogP contribution in [0.2, 0.25) is 5.04 Å². The summed E-state index contributed by atoms with van der Waals surface area (Å²) in [5, 5.41) is 2.53. The number of hydrogen-bond donors (Lipinski definition) is 0. The summed E-state index contributed by atoms with van der Waals surface area (Å²) in [4.78, 5) is 0. The zero-order chi connectivity index (χ0) is 27.3. The second-order valence-corrected chi connectivity index (χ2v) is 15.0. The molecule has 0 aliphatic rings. The Balaban J connectivity index is 1.68. The third-order valence-corrected chi connectivity index (χ3v) is 11.8. The van der Waals surface area contributed by atoms with Gasteiger partial charge in [-0.2, -0.15) is 0 Å². The average Bonchev–Trinajstić information content (AvgIpc) is 2.93. The molecule has 0 heterocycles. The molecule has 0 radical (unpaired) electrons. The third kappa shape index (κ3) is 8.48. The number of hydrogen-bond acceptors (Lipinski definition) is 4. The SMILES string of the molecule is COCO[C@H](C/C=C/[C@H](C)OCc1ccccc1)CCO[Si](c1ccccc1)(c1ccccc1)C(C)(C)C. The van der Waals surface area contributed by atoms with Crippen molar-refractivity contribution in [2.75, 3.05) is 20.5 Å². The van der Waals surface area contributed by atoms with Crippen LogP contribution >= 0.6 is 0 Å². The van der Waals surface area contributed by atoms with Crippen LogP contribution in [-0.2, 0) is 25.2 Å². The molecular formula is C33H44O4Si. The predicted octanol–water partition coefficient (Wildman–Crippen LogP) is 6.49. The summed E-state index contributed by atoms with van der Waals surface area (Å²) in [5.74, 6) is 0. The second kappa shape index (κ2) is 15.1. The maximum atomic E-state index is 7.06. The molecule has 204 valence electrons. The molecule has 0 saturated carbocycles. The van der Waals surface area contributed by atoms with E-state index in [1.807, 2.05) is 18.2 Å². The van der Waals surface area contributed by atoms with E-state index in [-0.39, 0.29) is 24.0 Å². The monoisotopic (exact) mass is 532 g/mol. The Morgan fingerprint density at radius 1 is 0.789 bits per heavy atom. The average molecular weight is 533 g/mol. The Morgan fingerprint density at radius 3 is 1.87 bits per heavy atom. The molecule has 0 spiro atoms. The molecule has 0 N–H and O–H groups in total. The quantitative estimate of drug-likeness (QED) is 0.127. The van der Waals surface area contributed by atoms with E-state index in [1.54, 1.807) is 7.11 Å². The van der Waals surface area contributed by atoms with Gasteiger partial charge in [0.05, 0.1) is 18.8 Å². The maximum Gasteiger partial charge on any atom is 0.261 e. The summed E-state index contributed by atoms with van der Waals surface area (Å²) in [6, 6.07) is 31.8. The van der Waals surface area contributed by atoms with E-state index >= 15 is 0 Å². The van der Waals surface area contributed by atoms with E-state index in [4.69, 9.17) is 18.6 Å². The van der Waals surface area contributed by atoms with Crippen LogP contribution in [0.4, 0.5) is 0 Å². The van der Waals surface area contributed by atoms with E-state index in [1.165, 1.54) is 15.9 Å². The zero-order valence-electron chi connectivity index (χ0n) is 23.6. The molecule has 0 unspecified atom stereocenters. The van der Waals surface area contributed by atoms with Gasteiger partial charge in [0.1, 0.15) is 6.79 Å². The lowest BCUT2D eigenvalue weighted by Gasteiger charge is -2.43. The largest absolute Gasteiger partial charge is 0.407 e. The number of ether oxygens (including phenoxy) is 3. The van der Waals surface area contributed by atoms with E-state index < -0.39 is 8.32 Å². The first-order valence-electron chi connectivity index (χ1n) is 13.5. The molecule has 3 rings (SSSR count). The van der Waals surface area contributed by atoms with Gasteiger partial charge in [0.15, 0.2) is 0 Å². The van der Waals surface area contributed by atoms with Gasteiger partial charge < -0.3 is 18.6 Å². The molecule has 0 aliphatic heterocycles. The van der Waals surface area contributed by atoms with Gasteiger partial charge in [-0.05, 0) is 40.7 Å². The first kappa shape index (κ1) is 30.0. The van der Waals surface area contributed by atoms with E-state index in [0.717, 1.165) is 12.8 Å². The molecule has 4 nitrogen and oxygen atoms in total. The molecule has 0 aromatic heterocycles. The summed E-state index contributed by atoms with van der Waals surface area (Å²) in [6.07, 6.45) is 5.81. The fourth-order valence-corrected chi connectivity index (χ4v) is 9.40. The van der Waals surface area contributed by atoms with Gasteiger partial charge in [0.2, 0.25) is 0 Å². The van der Waals surface area contributed by atoms with Crippen molar-refractivity contribution in [3.8, 4) is 0 Å². The lowest BCUT2D eigenvalue weighted by molar-refractivity contribution is -0.0756. The van der Waals surface area contributed by atoms with Crippen LogP contribution < -0.4 is 10.4 Å². The lowest BCUT2D eigenvalue weighted by atomic mass is 10.1. The van der Waals surface area contributed by atoms with Gasteiger partial charge in [-0.1, -0.05) is 124 Å². The summed E-state index contributed by atoms with van der Waals surface area (Å²) in [5.41, 5.74) is 1.18. The maximum absolute atomic E-state index is 7.06. The Labute approximate surface area is 230 Å². The van der Waals surface area contributed by atoms with Crippen molar-refractivity contribution in [2.24, 2.45) is 0 Å². The minimum atomic E-state index is -2.56. The highest BCUT2D eigenvalue weighted by atomic mass is 28.4. The van der Waals surface area contributed by atoms with Crippen molar-refractivity contribution in [3.63, 3.8) is 0 Å². The van der Waals surface area contributed by atoms with E-state index in [0.29, 0.717) is 13.2 Å². The molecule has 0 fully saturated rings. The molecule has 2 atom stereocenters. The molecule has 0 saturated heterocycles. The molecular weight excluding hydrogens is 488 g/mol. The standard InChI is InChI=1S/C33H44O4Si/c1-28(35-26-29-17-9-6-10-18-29)16-15-19-30(36-27-34-5)24-25-37-38(33(2,3)4,31-20-11-7-12-21-31)32-22-13-8-14-23-32/h6-18,20-23,28,30H,19,24-27H2,1-5H3/b16-15+/t28-,30+/m0/s1. The van der Waals surface area contributed by atoms with Crippen LogP contribution in [0.1, 0.15) is 46.1 Å². The molecule has 3 aromatic carbocycles. The Kier molecular flexibility index (Phi) is 12.0. The predicted molar refractivity (Wildman–Crippen MR) is 159 cm³/mol. The van der Waals surface area contributed by atoms with E-state index in [9.17, 15) is 0 Å². The summed E-state index contributed by atoms with van der Waals surface area (Å²) in [7, 11) is -0.906. The topological polar surface area (TPSA) is 36.9 Å². The van der Waals surface area contributed by atoms with Crippen LogP contribution in [0.15, 0.2) is 103 Å². The minimum absolute atomic E-state index is 0.00858. The normalized spacial score (nSPS) is 14.0. The Bertz CT molecular complexity index is 1020. The third-order valence-electron chi connectivity index (χ3n) is 6.76. The number of methoxy groups -OCH3 is 1. The zero-order valence-corrected chi connectivity index (χ0v) is 24.6. The van der Waals surface area contributed by atoms with Crippen molar-refractivity contribution in [1.82, 2.24) is 0 Å². The molecule has 3 aromatic rings. The Hall–Kier alpha value is -2.54. The minimum Gasteiger partial charge on any atom is -0.407 e. The molecule has 0 aliphatic carbocycles. The molecule has 5 heteroatoms. The number of benzene rings is 3. The van der Waals surface area contributed by atoms with Crippen molar-refractivity contribution in [3.05, 3.63) is 109 Å². The van der Waals surface area contributed by atoms with Gasteiger partial charge in [-0.25, -0.2) is 0 Å². The number of rotatable bonds is 15. The van der Waals surface area contributed by atoms with Gasteiger partial charge >= 0.3 is 0 Å². The first-order valence-corrected chi connectivity index (χ1v) is 15.5. The van der Waals surface area contributed by atoms with Crippen molar-refractivity contribution in [2.45, 2.75) is 64.4 Å². The first-order chi connectivity index (χ1) is 18.4. The van der Waals surface area contributed by atoms with Gasteiger partial charge in [-0.3, -0.25) is 0 Å². The molecule has 0 bridgehead atoms. The highest BCUT2D eigenvalue weighted by Gasteiger charge is 2.50. The van der Waals surface area contributed by atoms with Crippen LogP contribution in [0.5, 0.6) is 0 Å². The van der Waals surface area contributed by atoms with Crippen molar-refractivity contribution < 1.29 is 18.6 Å². The second-order valence-electron chi connectivity index (χ2n) is 10.7. The lowest BCUT2D eigenvalue weighted by Crippen LogP contribution is -2.66. The molecule has 38 heavy (non-hydrogen) atoms. The van der Waals surface area contributed by atoms with E-state index in [2.05, 4.69) is 113 Å².